The van der Waals surface area contributed by atoms with E-state index in [2.05, 4.69) is 29.2 Å². The Kier molecular flexibility index (Phi) is 7.81. The monoisotopic (exact) mass is 454 g/mol. The van der Waals surface area contributed by atoms with Crippen LogP contribution in [0.5, 0.6) is 0 Å². The zero-order chi connectivity index (χ0) is 23.4. The lowest BCUT2D eigenvalue weighted by molar-refractivity contribution is 0.0530. The van der Waals surface area contributed by atoms with E-state index in [1.165, 1.54) is 58.5 Å². The largest absolute Gasteiger partial charge is 0.302 e. The molecule has 1 saturated carbocycles. The van der Waals surface area contributed by atoms with Crippen molar-refractivity contribution in [2.45, 2.75) is 102 Å². The van der Waals surface area contributed by atoms with Crippen LogP contribution < -0.4 is 11.0 Å². The van der Waals surface area contributed by atoms with Crippen LogP contribution in [0.4, 0.5) is 0 Å². The number of amides is 1. The quantitative estimate of drug-likeness (QED) is 0.646. The standard InChI is InChI=1S/C26H38N4O3/c1-18-15-16-21(29(18)20-11-7-5-4-6-8-12-20)17-19(2)30-23-14-10-9-13-22(23)27-24(26(30)32)25(31)28-33-3/h9-10,13-14,18-21H,4-8,11-12,15-17H2,1-3H3,(H,28,31)/t18-,19-,21-/m0/s1. The molecule has 2 heterocycles. The zero-order valence-electron chi connectivity index (χ0n) is 20.3. The Balaban J connectivity index is 1.64. The third-order valence-electron chi connectivity index (χ3n) is 7.60. The topological polar surface area (TPSA) is 76.5 Å². The van der Waals surface area contributed by atoms with Crippen LogP contribution in [-0.2, 0) is 4.84 Å². The third-order valence-corrected chi connectivity index (χ3v) is 7.60. The van der Waals surface area contributed by atoms with Gasteiger partial charge in [0.2, 0.25) is 0 Å². The maximum absolute atomic E-state index is 13.4. The van der Waals surface area contributed by atoms with Crippen molar-refractivity contribution in [3.63, 3.8) is 0 Å². The van der Waals surface area contributed by atoms with E-state index in [0.717, 1.165) is 18.4 Å². The van der Waals surface area contributed by atoms with Crippen LogP contribution in [-0.4, -0.2) is 45.6 Å². The first kappa shape index (κ1) is 23.9. The summed E-state index contributed by atoms with van der Waals surface area (Å²) >= 11 is 0. The maximum Gasteiger partial charge on any atom is 0.299 e. The number of hydrogen-bond donors (Lipinski definition) is 1. The van der Waals surface area contributed by atoms with E-state index in [-0.39, 0.29) is 17.3 Å². The summed E-state index contributed by atoms with van der Waals surface area (Å²) in [5.41, 5.74) is 3.17. The molecule has 2 aliphatic rings. The number of hydroxylamine groups is 1. The molecule has 1 N–H and O–H groups in total. The van der Waals surface area contributed by atoms with Crippen LogP contribution in [0.2, 0.25) is 0 Å². The van der Waals surface area contributed by atoms with E-state index in [1.54, 1.807) is 4.57 Å². The molecule has 0 spiro atoms. The summed E-state index contributed by atoms with van der Waals surface area (Å²) in [7, 11) is 1.35. The fourth-order valence-corrected chi connectivity index (χ4v) is 6.10. The Hall–Kier alpha value is -2.25. The van der Waals surface area contributed by atoms with Crippen LogP contribution in [0.1, 0.15) is 94.6 Å². The van der Waals surface area contributed by atoms with E-state index in [9.17, 15) is 9.59 Å². The molecule has 33 heavy (non-hydrogen) atoms. The summed E-state index contributed by atoms with van der Waals surface area (Å²) < 4.78 is 1.77. The lowest BCUT2D eigenvalue weighted by Crippen LogP contribution is -2.44. The van der Waals surface area contributed by atoms with Crippen molar-refractivity contribution in [2.75, 3.05) is 7.11 Å². The number of nitrogens with zero attached hydrogens (tertiary/aromatic N) is 3. The van der Waals surface area contributed by atoms with Crippen LogP contribution in [0.15, 0.2) is 29.1 Å². The number of hydrogen-bond acceptors (Lipinski definition) is 5. The van der Waals surface area contributed by atoms with Gasteiger partial charge in [-0.3, -0.25) is 19.3 Å². The summed E-state index contributed by atoms with van der Waals surface area (Å²) in [5.74, 6) is -0.611. The number of likely N-dealkylation sites (tertiary alicyclic amines) is 1. The van der Waals surface area contributed by atoms with Crippen molar-refractivity contribution in [2.24, 2.45) is 0 Å². The Bertz CT molecular complexity index is 1010. The highest BCUT2D eigenvalue weighted by Gasteiger charge is 2.36. The minimum Gasteiger partial charge on any atom is -0.302 e. The molecule has 1 aromatic carbocycles. The number of fused-ring (bicyclic) bond motifs is 1. The Labute approximate surface area is 196 Å². The van der Waals surface area contributed by atoms with Crippen LogP contribution in [0.3, 0.4) is 0 Å². The summed E-state index contributed by atoms with van der Waals surface area (Å²) in [6.07, 6.45) is 12.6. The van der Waals surface area contributed by atoms with Gasteiger partial charge < -0.3 is 4.57 Å². The minimum absolute atomic E-state index is 0.0501. The zero-order valence-corrected chi connectivity index (χ0v) is 20.3. The predicted octanol–water partition coefficient (Wildman–Crippen LogP) is 4.60. The first-order valence-electron chi connectivity index (χ1n) is 12.6. The lowest BCUT2D eigenvalue weighted by Gasteiger charge is -2.38. The Morgan fingerprint density at radius 2 is 1.82 bits per heavy atom. The van der Waals surface area contributed by atoms with Crippen molar-refractivity contribution in [1.29, 1.82) is 0 Å². The molecule has 4 rings (SSSR count). The number of carbonyl (C=O) groups is 1. The number of rotatable bonds is 6. The average Bonchev–Trinajstić information content (AvgIpc) is 3.13. The smallest absolute Gasteiger partial charge is 0.299 e. The fourth-order valence-electron chi connectivity index (χ4n) is 6.10. The van der Waals surface area contributed by atoms with Gasteiger partial charge in [-0.25, -0.2) is 10.5 Å². The van der Waals surface area contributed by atoms with Crippen LogP contribution in [0.25, 0.3) is 11.0 Å². The number of benzene rings is 1. The highest BCUT2D eigenvalue weighted by molar-refractivity contribution is 5.93. The Morgan fingerprint density at radius 1 is 1.12 bits per heavy atom. The predicted molar refractivity (Wildman–Crippen MR) is 130 cm³/mol. The average molecular weight is 455 g/mol. The first-order valence-corrected chi connectivity index (χ1v) is 12.6. The number of nitrogens with one attached hydrogen (secondary N) is 1. The van der Waals surface area contributed by atoms with Gasteiger partial charge in [0.1, 0.15) is 0 Å². The van der Waals surface area contributed by atoms with Crippen molar-refractivity contribution in [1.82, 2.24) is 19.9 Å². The summed E-state index contributed by atoms with van der Waals surface area (Å²) in [5, 5.41) is 0. The summed E-state index contributed by atoms with van der Waals surface area (Å²) in [4.78, 5) is 37.8. The van der Waals surface area contributed by atoms with Crippen molar-refractivity contribution >= 4 is 16.9 Å². The second-order valence-electron chi connectivity index (χ2n) is 9.87. The second kappa shape index (κ2) is 10.8. The maximum atomic E-state index is 13.4. The lowest BCUT2D eigenvalue weighted by atomic mass is 9.94. The Morgan fingerprint density at radius 3 is 2.55 bits per heavy atom. The number of carbonyl (C=O) groups excluding carboxylic acids is 1. The van der Waals surface area contributed by atoms with Crippen molar-refractivity contribution < 1.29 is 9.63 Å². The molecule has 1 saturated heterocycles. The molecule has 1 amide bonds. The summed E-state index contributed by atoms with van der Waals surface area (Å²) in [6, 6.07) is 9.19. The molecule has 0 unspecified atom stereocenters. The number of aromatic nitrogens is 2. The van der Waals surface area contributed by atoms with Crippen molar-refractivity contribution in [3.8, 4) is 0 Å². The normalized spacial score (nSPS) is 23.8. The minimum atomic E-state index is -0.611. The molecule has 0 radical (unpaired) electrons. The molecule has 7 heteroatoms. The summed E-state index contributed by atoms with van der Waals surface area (Å²) in [6.45, 7) is 4.47. The molecule has 7 nitrogen and oxygen atoms in total. The molecule has 1 aliphatic carbocycles. The molecule has 0 bridgehead atoms. The molecule has 1 aromatic heterocycles. The van der Waals surface area contributed by atoms with Gasteiger partial charge in [-0.05, 0) is 58.1 Å². The molecule has 1 aliphatic heterocycles. The number of para-hydroxylation sites is 2. The van der Waals surface area contributed by atoms with Crippen molar-refractivity contribution in [3.05, 3.63) is 40.3 Å². The van der Waals surface area contributed by atoms with Gasteiger partial charge in [0, 0.05) is 24.2 Å². The highest BCUT2D eigenvalue weighted by Crippen LogP contribution is 2.35. The molecule has 3 atom stereocenters. The molecular weight excluding hydrogens is 416 g/mol. The molecule has 2 aromatic rings. The second-order valence-corrected chi connectivity index (χ2v) is 9.87. The van der Waals surface area contributed by atoms with Gasteiger partial charge >= 0.3 is 0 Å². The van der Waals surface area contributed by atoms with Gasteiger partial charge in [-0.15, -0.1) is 0 Å². The molecule has 2 fully saturated rings. The molecular formula is C26H38N4O3. The first-order chi connectivity index (χ1) is 16.0. The fraction of sp³-hybridized carbons (Fsp3) is 0.654. The van der Waals surface area contributed by atoms with Gasteiger partial charge in [0.15, 0.2) is 5.69 Å². The van der Waals surface area contributed by atoms with Gasteiger partial charge in [0.05, 0.1) is 18.1 Å². The van der Waals surface area contributed by atoms with Crippen LogP contribution >= 0.6 is 0 Å². The third kappa shape index (κ3) is 5.14. The van der Waals surface area contributed by atoms with E-state index < -0.39 is 5.91 Å². The van der Waals surface area contributed by atoms with Gasteiger partial charge in [0.25, 0.3) is 11.5 Å². The van der Waals surface area contributed by atoms with Gasteiger partial charge in [-0.1, -0.05) is 44.2 Å². The SMILES string of the molecule is CONC(=O)c1nc2ccccc2n([C@@H](C)C[C@@H]2CC[C@H](C)N2C2CCCCCCC2)c1=O. The van der Waals surface area contributed by atoms with Crippen LogP contribution in [0, 0.1) is 0 Å². The van der Waals surface area contributed by atoms with E-state index in [4.69, 9.17) is 4.84 Å². The van der Waals surface area contributed by atoms with E-state index in [0.29, 0.717) is 23.6 Å². The van der Waals surface area contributed by atoms with E-state index >= 15 is 0 Å². The van der Waals surface area contributed by atoms with E-state index in [1.807, 2.05) is 24.3 Å². The highest BCUT2D eigenvalue weighted by atomic mass is 16.6. The van der Waals surface area contributed by atoms with Gasteiger partial charge in [-0.2, -0.15) is 0 Å². The molecule has 180 valence electrons.